The van der Waals surface area contributed by atoms with Gasteiger partial charge in [-0.15, -0.1) is 10.2 Å². The van der Waals surface area contributed by atoms with Crippen LogP contribution in [-0.4, -0.2) is 77.0 Å². The Morgan fingerprint density at radius 1 is 1.02 bits per heavy atom. The summed E-state index contributed by atoms with van der Waals surface area (Å²) in [5, 5.41) is 15.8. The van der Waals surface area contributed by atoms with Crippen LogP contribution < -0.4 is 5.32 Å². The number of amides is 2. The van der Waals surface area contributed by atoms with Gasteiger partial charge in [0.2, 0.25) is 11.8 Å². The summed E-state index contributed by atoms with van der Waals surface area (Å²) in [7, 11) is 1.77. The number of anilines is 1. The zero-order chi connectivity index (χ0) is 28.8. The van der Waals surface area contributed by atoms with Gasteiger partial charge in [-0.2, -0.15) is 4.80 Å². The van der Waals surface area contributed by atoms with Crippen molar-refractivity contribution in [2.75, 3.05) is 18.4 Å². The fourth-order valence-electron chi connectivity index (χ4n) is 6.12. The van der Waals surface area contributed by atoms with Crippen LogP contribution in [0.3, 0.4) is 0 Å². The molecule has 2 bridgehead atoms. The second kappa shape index (κ2) is 10.5. The molecule has 8 rings (SSSR count). The molecule has 12 heteroatoms. The predicted octanol–water partition coefficient (Wildman–Crippen LogP) is 3.45. The van der Waals surface area contributed by atoms with Gasteiger partial charge in [0.15, 0.2) is 11.4 Å². The highest BCUT2D eigenvalue weighted by molar-refractivity contribution is 5.94. The van der Waals surface area contributed by atoms with E-state index >= 15 is 0 Å². The first-order valence-corrected chi connectivity index (χ1v) is 13.9. The number of nitrogens with one attached hydrogen (secondary N) is 1. The SMILES string of the molecule is CC(=O)Nc1ccc2oc(-c3ccnc(C(=O)N4CC5CCC4CN5C(c4ccccc4)c4nnn(C)n4)c3)nc2c1. The molecule has 0 saturated carbocycles. The number of piperazine rings is 1. The number of tetrazole rings is 1. The average molecular weight is 564 g/mol. The molecular formula is C30H29N9O3. The van der Waals surface area contributed by atoms with Gasteiger partial charge < -0.3 is 14.6 Å². The lowest BCUT2D eigenvalue weighted by Crippen LogP contribution is -2.64. The minimum Gasteiger partial charge on any atom is -0.436 e. The van der Waals surface area contributed by atoms with Crippen molar-refractivity contribution < 1.29 is 14.0 Å². The van der Waals surface area contributed by atoms with E-state index in [1.54, 1.807) is 43.6 Å². The van der Waals surface area contributed by atoms with Gasteiger partial charge in [-0.05, 0) is 54.0 Å². The summed E-state index contributed by atoms with van der Waals surface area (Å²) in [6.45, 7) is 2.75. The molecule has 1 N–H and O–H groups in total. The Labute approximate surface area is 241 Å². The van der Waals surface area contributed by atoms with Crippen molar-refractivity contribution in [3.8, 4) is 11.5 Å². The number of fused-ring (bicyclic) bond motifs is 4. The molecule has 3 saturated heterocycles. The largest absolute Gasteiger partial charge is 0.436 e. The molecule has 3 fully saturated rings. The van der Waals surface area contributed by atoms with E-state index in [2.05, 4.69) is 47.7 Å². The van der Waals surface area contributed by atoms with E-state index in [-0.39, 0.29) is 29.9 Å². The second-order valence-electron chi connectivity index (χ2n) is 10.8. The molecule has 0 aliphatic carbocycles. The molecule has 2 aromatic carbocycles. The summed E-state index contributed by atoms with van der Waals surface area (Å²) in [5.41, 5.74) is 3.95. The van der Waals surface area contributed by atoms with Gasteiger partial charge in [-0.1, -0.05) is 30.3 Å². The number of aromatic nitrogens is 6. The molecule has 3 atom stereocenters. The highest BCUT2D eigenvalue weighted by atomic mass is 16.3. The lowest BCUT2D eigenvalue weighted by atomic mass is 9.87. The quantitative estimate of drug-likeness (QED) is 0.330. The zero-order valence-corrected chi connectivity index (χ0v) is 23.2. The highest BCUT2D eigenvalue weighted by Gasteiger charge is 2.45. The van der Waals surface area contributed by atoms with E-state index in [1.165, 1.54) is 11.7 Å². The Bertz CT molecular complexity index is 1780. The third-order valence-electron chi connectivity index (χ3n) is 7.98. The van der Waals surface area contributed by atoms with Gasteiger partial charge in [0.1, 0.15) is 11.2 Å². The fourth-order valence-corrected chi connectivity index (χ4v) is 6.12. The van der Waals surface area contributed by atoms with Crippen LogP contribution in [0.5, 0.6) is 0 Å². The number of carbonyl (C=O) groups is 2. The Hall–Kier alpha value is -4.97. The van der Waals surface area contributed by atoms with Gasteiger partial charge >= 0.3 is 0 Å². The standard InChI is InChI=1S/C30H29N9O3/c1-18(40)32-21-8-11-26-24(15-21)33-29(42-26)20-12-13-31-25(14-20)30(41)39-17-22-9-10-23(39)16-38(22)27(19-6-4-3-5-7-19)28-34-36-37(2)35-28/h3-8,11-15,22-23,27H,9-10,16-17H2,1-2H3,(H,32,40). The smallest absolute Gasteiger partial charge is 0.272 e. The molecule has 42 heavy (non-hydrogen) atoms. The first kappa shape index (κ1) is 26.0. The topological polar surface area (TPSA) is 135 Å². The number of oxazole rings is 1. The van der Waals surface area contributed by atoms with Crippen molar-refractivity contribution in [3.63, 3.8) is 0 Å². The Morgan fingerprint density at radius 3 is 2.60 bits per heavy atom. The van der Waals surface area contributed by atoms with Crippen LogP contribution in [0.15, 0.2) is 71.3 Å². The molecule has 12 nitrogen and oxygen atoms in total. The zero-order valence-electron chi connectivity index (χ0n) is 23.2. The molecule has 3 unspecified atom stereocenters. The van der Waals surface area contributed by atoms with Crippen molar-refractivity contribution in [2.45, 2.75) is 37.9 Å². The van der Waals surface area contributed by atoms with Crippen LogP contribution in [0.4, 0.5) is 5.69 Å². The van der Waals surface area contributed by atoms with E-state index in [0.29, 0.717) is 52.8 Å². The molecule has 5 aromatic rings. The number of hydrogen-bond acceptors (Lipinski definition) is 9. The van der Waals surface area contributed by atoms with Crippen molar-refractivity contribution in [3.05, 3.63) is 83.9 Å². The minimum atomic E-state index is -0.161. The minimum absolute atomic E-state index is 0.0346. The molecule has 2 amide bonds. The number of rotatable bonds is 6. The monoisotopic (exact) mass is 563 g/mol. The number of nitrogens with zero attached hydrogens (tertiary/aromatic N) is 8. The van der Waals surface area contributed by atoms with Crippen LogP contribution >= 0.6 is 0 Å². The second-order valence-corrected chi connectivity index (χ2v) is 10.8. The molecule has 0 spiro atoms. The number of pyridine rings is 1. The van der Waals surface area contributed by atoms with Gasteiger partial charge in [0, 0.05) is 49.5 Å². The van der Waals surface area contributed by atoms with E-state index < -0.39 is 0 Å². The highest BCUT2D eigenvalue weighted by Crippen LogP contribution is 2.38. The van der Waals surface area contributed by atoms with Crippen LogP contribution in [0, 0.1) is 0 Å². The average Bonchev–Trinajstić information content (AvgIpc) is 3.63. The Balaban J connectivity index is 1.13. The van der Waals surface area contributed by atoms with E-state index in [1.807, 2.05) is 23.1 Å². The van der Waals surface area contributed by atoms with Crippen molar-refractivity contribution in [1.82, 2.24) is 40.0 Å². The van der Waals surface area contributed by atoms with Crippen LogP contribution in [0.1, 0.15) is 47.7 Å². The molecule has 6 heterocycles. The molecular weight excluding hydrogens is 534 g/mol. The van der Waals surface area contributed by atoms with Gasteiger partial charge in [-0.3, -0.25) is 19.5 Å². The van der Waals surface area contributed by atoms with Gasteiger partial charge in [-0.25, -0.2) is 4.98 Å². The summed E-state index contributed by atoms with van der Waals surface area (Å²) in [4.78, 5) is 40.1. The summed E-state index contributed by atoms with van der Waals surface area (Å²) < 4.78 is 5.97. The maximum absolute atomic E-state index is 13.8. The number of hydrogen-bond donors (Lipinski definition) is 1. The lowest BCUT2D eigenvalue weighted by Gasteiger charge is -2.53. The van der Waals surface area contributed by atoms with E-state index in [4.69, 9.17) is 4.42 Å². The third kappa shape index (κ3) is 4.79. The fraction of sp³-hybridized carbons (Fsp3) is 0.300. The third-order valence-corrected chi connectivity index (χ3v) is 7.98. The number of carbonyl (C=O) groups excluding carboxylic acids is 2. The van der Waals surface area contributed by atoms with Gasteiger partial charge in [0.25, 0.3) is 5.91 Å². The number of aryl methyl sites for hydroxylation is 1. The van der Waals surface area contributed by atoms with E-state index in [0.717, 1.165) is 18.4 Å². The first-order chi connectivity index (χ1) is 20.4. The van der Waals surface area contributed by atoms with Crippen molar-refractivity contribution in [2.24, 2.45) is 7.05 Å². The Kier molecular flexibility index (Phi) is 6.46. The number of benzene rings is 2. The van der Waals surface area contributed by atoms with Crippen molar-refractivity contribution >= 4 is 28.6 Å². The maximum atomic E-state index is 13.8. The molecule has 3 aliphatic heterocycles. The summed E-state index contributed by atoms with van der Waals surface area (Å²) in [6, 6.07) is 19.1. The molecule has 3 aromatic heterocycles. The summed E-state index contributed by atoms with van der Waals surface area (Å²) >= 11 is 0. The first-order valence-electron chi connectivity index (χ1n) is 13.9. The summed E-state index contributed by atoms with van der Waals surface area (Å²) in [5.74, 6) is 0.774. The molecule has 3 aliphatic rings. The lowest BCUT2D eigenvalue weighted by molar-refractivity contribution is -0.114. The molecule has 212 valence electrons. The van der Waals surface area contributed by atoms with Crippen molar-refractivity contribution in [1.29, 1.82) is 0 Å². The predicted molar refractivity (Wildman–Crippen MR) is 153 cm³/mol. The Morgan fingerprint density at radius 2 is 1.86 bits per heavy atom. The van der Waals surface area contributed by atoms with Crippen LogP contribution in [-0.2, 0) is 11.8 Å². The van der Waals surface area contributed by atoms with Crippen LogP contribution in [0.2, 0.25) is 0 Å². The normalized spacial score (nSPS) is 19.2. The van der Waals surface area contributed by atoms with Gasteiger partial charge in [0.05, 0.1) is 13.1 Å². The molecule has 0 radical (unpaired) electrons. The van der Waals surface area contributed by atoms with E-state index in [9.17, 15) is 9.59 Å². The van der Waals surface area contributed by atoms with Crippen LogP contribution in [0.25, 0.3) is 22.6 Å². The maximum Gasteiger partial charge on any atom is 0.272 e. The summed E-state index contributed by atoms with van der Waals surface area (Å²) in [6.07, 6.45) is 3.51. The number of piperidine rings is 2.